The van der Waals surface area contributed by atoms with Gasteiger partial charge in [-0.1, -0.05) is 0 Å². The molecule has 0 spiro atoms. The van der Waals surface area contributed by atoms with Gasteiger partial charge in [-0.2, -0.15) is 0 Å². The molecule has 0 unspecified atom stereocenters. The predicted molar refractivity (Wildman–Crippen MR) is 53.9 cm³/mol. The van der Waals surface area contributed by atoms with Crippen molar-refractivity contribution in [3.05, 3.63) is 0 Å². The van der Waals surface area contributed by atoms with Gasteiger partial charge in [0.1, 0.15) is 0 Å². The van der Waals surface area contributed by atoms with Gasteiger partial charge in [0.05, 0.1) is 0 Å². The van der Waals surface area contributed by atoms with Crippen LogP contribution >= 0.6 is 8.38 Å². The molecule has 0 aromatic carbocycles. The lowest BCUT2D eigenvalue weighted by Gasteiger charge is -2.73. The van der Waals surface area contributed by atoms with E-state index in [1.54, 1.807) is 14.2 Å². The molecule has 0 N–H and O–H groups in total. The van der Waals surface area contributed by atoms with Crippen LogP contribution < -0.4 is 0 Å². The highest BCUT2D eigenvalue weighted by Gasteiger charge is 2.73. The monoisotopic (exact) mass is 203 g/mol. The molecule has 2 bridgehead atoms. The molecule has 0 heterocycles. The highest BCUT2D eigenvalue weighted by atomic mass is 31.2. The van der Waals surface area contributed by atoms with Crippen molar-refractivity contribution in [2.75, 3.05) is 28.3 Å². The molecule has 0 aromatic rings. The zero-order valence-corrected chi connectivity index (χ0v) is 9.73. The van der Waals surface area contributed by atoms with Crippen LogP contribution in [0.4, 0.5) is 0 Å². The highest BCUT2D eigenvalue weighted by molar-refractivity contribution is 7.49. The number of hydrogen-bond donors (Lipinski definition) is 0. The fraction of sp³-hybridized carbons (Fsp3) is 1.00. The van der Waals surface area contributed by atoms with E-state index in [9.17, 15) is 0 Å². The first-order valence-electron chi connectivity index (χ1n) is 4.64. The van der Waals surface area contributed by atoms with Gasteiger partial charge in [0.15, 0.2) is 8.38 Å². The van der Waals surface area contributed by atoms with Crippen LogP contribution in [0.1, 0.15) is 19.3 Å². The van der Waals surface area contributed by atoms with E-state index in [1.807, 2.05) is 0 Å². The Balaban J connectivity index is 1.95. The van der Waals surface area contributed by atoms with Crippen molar-refractivity contribution in [3.8, 4) is 0 Å². The molecule has 3 aliphatic rings. The van der Waals surface area contributed by atoms with E-state index in [4.69, 9.17) is 9.05 Å². The molecule has 3 saturated carbocycles. The van der Waals surface area contributed by atoms with Crippen LogP contribution in [0.25, 0.3) is 0 Å². The van der Waals surface area contributed by atoms with Gasteiger partial charge < -0.3 is 13.9 Å². The van der Waals surface area contributed by atoms with E-state index in [-0.39, 0.29) is 0 Å². The van der Waals surface area contributed by atoms with Crippen molar-refractivity contribution in [3.63, 3.8) is 0 Å². The molecule has 3 rings (SSSR count). The predicted octanol–water partition coefficient (Wildman–Crippen LogP) is 1.83. The van der Waals surface area contributed by atoms with E-state index in [0.29, 0.717) is 10.7 Å². The lowest BCUT2D eigenvalue weighted by atomic mass is 9.48. The Labute approximate surface area is 81.3 Å². The van der Waals surface area contributed by atoms with E-state index in [0.717, 1.165) is 0 Å². The summed E-state index contributed by atoms with van der Waals surface area (Å²) in [6.45, 7) is 0. The summed E-state index contributed by atoms with van der Waals surface area (Å²) in [5.41, 5.74) is 0.498. The van der Waals surface area contributed by atoms with Gasteiger partial charge in [0.2, 0.25) is 0 Å². The van der Waals surface area contributed by atoms with Crippen molar-refractivity contribution < 1.29 is 9.05 Å². The van der Waals surface area contributed by atoms with Crippen molar-refractivity contribution in [1.82, 2.24) is 4.90 Å². The van der Waals surface area contributed by atoms with E-state index < -0.39 is 8.38 Å². The summed E-state index contributed by atoms with van der Waals surface area (Å²) in [5, 5.41) is 0.406. The molecular formula is C9H18NO2P. The van der Waals surface area contributed by atoms with Crippen molar-refractivity contribution >= 4 is 8.38 Å². The minimum Gasteiger partial charge on any atom is -0.337 e. The Morgan fingerprint density at radius 3 is 1.85 bits per heavy atom. The second-order valence-corrected chi connectivity index (χ2v) is 6.69. The Morgan fingerprint density at radius 2 is 1.54 bits per heavy atom. The van der Waals surface area contributed by atoms with Gasteiger partial charge in [-0.3, -0.25) is 0 Å². The summed E-state index contributed by atoms with van der Waals surface area (Å²) < 4.78 is 10.8. The fourth-order valence-corrected chi connectivity index (χ4v) is 5.01. The quantitative estimate of drug-likeness (QED) is 0.650. The molecule has 0 amide bonds. The Bertz CT molecular complexity index is 196. The zero-order valence-electron chi connectivity index (χ0n) is 8.83. The van der Waals surface area contributed by atoms with Crippen LogP contribution in [0, 0.1) is 0 Å². The van der Waals surface area contributed by atoms with Crippen LogP contribution in [0.15, 0.2) is 0 Å². The van der Waals surface area contributed by atoms with Crippen molar-refractivity contribution in [2.24, 2.45) is 0 Å². The Hall–Kier alpha value is 0.310. The van der Waals surface area contributed by atoms with Gasteiger partial charge in [0, 0.05) is 24.9 Å². The first kappa shape index (κ1) is 9.85. The van der Waals surface area contributed by atoms with Crippen LogP contribution in [0.5, 0.6) is 0 Å². The molecule has 0 saturated heterocycles. The molecule has 0 radical (unpaired) electrons. The minimum absolute atomic E-state index is 0.406. The third kappa shape index (κ3) is 1.11. The number of rotatable bonds is 4. The lowest BCUT2D eigenvalue weighted by Crippen LogP contribution is -2.76. The standard InChI is InChI=1S/C9H18NO2P/c1-10(2)8-5-9(6-8,7-8)13(11-3)12-4/h5-7H2,1-4H3. The summed E-state index contributed by atoms with van der Waals surface area (Å²) in [5.74, 6) is 0. The van der Waals surface area contributed by atoms with Gasteiger partial charge >= 0.3 is 0 Å². The molecular weight excluding hydrogens is 185 g/mol. The molecule has 4 heteroatoms. The molecule has 13 heavy (non-hydrogen) atoms. The van der Waals surface area contributed by atoms with E-state index in [2.05, 4.69) is 19.0 Å². The van der Waals surface area contributed by atoms with Crippen LogP contribution in [0.3, 0.4) is 0 Å². The fourth-order valence-electron chi connectivity index (χ4n) is 2.81. The second kappa shape index (κ2) is 2.90. The molecule has 76 valence electrons. The largest absolute Gasteiger partial charge is 0.337 e. The van der Waals surface area contributed by atoms with Crippen molar-refractivity contribution in [1.29, 1.82) is 0 Å². The van der Waals surface area contributed by atoms with Gasteiger partial charge in [-0.15, -0.1) is 0 Å². The SMILES string of the molecule is COP(OC)C12CC(N(C)C)(C1)C2. The maximum absolute atomic E-state index is 5.39. The number of hydrogen-bond acceptors (Lipinski definition) is 3. The summed E-state index contributed by atoms with van der Waals surface area (Å²) in [6.07, 6.45) is 3.79. The third-order valence-corrected chi connectivity index (χ3v) is 5.55. The molecule has 3 aliphatic carbocycles. The molecule has 3 nitrogen and oxygen atoms in total. The Morgan fingerprint density at radius 1 is 1.08 bits per heavy atom. The number of nitrogens with zero attached hydrogens (tertiary/aromatic N) is 1. The van der Waals surface area contributed by atoms with E-state index in [1.165, 1.54) is 19.3 Å². The summed E-state index contributed by atoms with van der Waals surface area (Å²) in [4.78, 5) is 2.35. The Kier molecular flexibility index (Phi) is 2.20. The van der Waals surface area contributed by atoms with Gasteiger partial charge in [-0.25, -0.2) is 0 Å². The smallest absolute Gasteiger partial charge is 0.176 e. The average Bonchev–Trinajstić information content (AvgIpc) is 1.91. The molecule has 0 aromatic heterocycles. The molecule has 0 atom stereocenters. The van der Waals surface area contributed by atoms with Crippen LogP contribution in [-0.2, 0) is 9.05 Å². The normalized spacial score (nSPS) is 42.0. The highest BCUT2D eigenvalue weighted by Crippen LogP contribution is 2.77. The zero-order chi connectivity index (χ0) is 9.69. The minimum atomic E-state index is -0.630. The first-order chi connectivity index (χ1) is 6.08. The van der Waals surface area contributed by atoms with Gasteiger partial charge in [0.25, 0.3) is 0 Å². The summed E-state index contributed by atoms with van der Waals surface area (Å²) in [6, 6.07) is 0. The average molecular weight is 203 g/mol. The summed E-state index contributed by atoms with van der Waals surface area (Å²) >= 11 is 0. The maximum Gasteiger partial charge on any atom is 0.176 e. The van der Waals surface area contributed by atoms with Crippen molar-refractivity contribution in [2.45, 2.75) is 30.0 Å². The van der Waals surface area contributed by atoms with E-state index >= 15 is 0 Å². The molecule has 3 fully saturated rings. The molecule has 0 aliphatic heterocycles. The first-order valence-corrected chi connectivity index (χ1v) is 5.82. The van der Waals surface area contributed by atoms with Crippen LogP contribution in [-0.4, -0.2) is 43.9 Å². The third-order valence-electron chi connectivity index (χ3n) is 3.64. The summed E-state index contributed by atoms with van der Waals surface area (Å²) in [7, 11) is 7.24. The van der Waals surface area contributed by atoms with Gasteiger partial charge in [-0.05, 0) is 33.4 Å². The second-order valence-electron chi connectivity index (χ2n) is 4.50. The lowest BCUT2D eigenvalue weighted by molar-refractivity contribution is -0.108. The topological polar surface area (TPSA) is 21.7 Å². The maximum atomic E-state index is 5.39. The van der Waals surface area contributed by atoms with Crippen LogP contribution in [0.2, 0.25) is 0 Å².